The molecular weight excluding hydrogens is 306 g/mol. The number of benzene rings is 3. The van der Waals surface area contributed by atoms with Crippen molar-refractivity contribution >= 4 is 27.8 Å². The van der Waals surface area contributed by atoms with Crippen LogP contribution in [-0.4, -0.2) is 10.5 Å². The van der Waals surface area contributed by atoms with Crippen molar-refractivity contribution < 1.29 is 13.9 Å². The lowest BCUT2D eigenvalue weighted by molar-refractivity contribution is -0.135. The number of carbonyl (C=O) groups is 1. The molecule has 1 aromatic heterocycles. The topological polar surface area (TPSA) is 61.4 Å². The maximum Gasteiger partial charge on any atom is 0.420 e. The van der Waals surface area contributed by atoms with E-state index < -0.39 is 11.7 Å². The summed E-state index contributed by atoms with van der Waals surface area (Å²) in [5, 5.41) is 2.04. The van der Waals surface area contributed by atoms with Crippen LogP contribution in [0.5, 0.6) is 5.75 Å². The van der Waals surface area contributed by atoms with Gasteiger partial charge in [-0.3, -0.25) is 4.57 Å². The number of carbonyl (C=O) groups excluding carboxylic acids is 1. The van der Waals surface area contributed by atoms with Gasteiger partial charge in [-0.05, 0) is 35.0 Å². The molecule has 0 atom stereocenters. The summed E-state index contributed by atoms with van der Waals surface area (Å²) in [6.07, 6.45) is 0. The van der Waals surface area contributed by atoms with Gasteiger partial charge in [0.15, 0.2) is 5.58 Å². The molecule has 0 aliphatic heterocycles. The molecule has 0 aliphatic carbocycles. The van der Waals surface area contributed by atoms with Crippen molar-refractivity contribution in [2.45, 2.75) is 6.54 Å². The van der Waals surface area contributed by atoms with E-state index in [1.165, 1.54) is 4.57 Å². The molecule has 0 N–H and O–H groups in total. The monoisotopic (exact) mass is 319 g/mol. The summed E-state index contributed by atoms with van der Waals surface area (Å²) in [5.74, 6) is -0.662. The summed E-state index contributed by atoms with van der Waals surface area (Å²) in [7, 11) is 0. The number of aromatic nitrogens is 1. The van der Waals surface area contributed by atoms with Gasteiger partial charge >= 0.3 is 11.7 Å². The van der Waals surface area contributed by atoms with Gasteiger partial charge in [0, 0.05) is 0 Å². The number of oxazole rings is 1. The Hall–Kier alpha value is -3.34. The quantitative estimate of drug-likeness (QED) is 0.429. The van der Waals surface area contributed by atoms with E-state index in [9.17, 15) is 9.59 Å². The van der Waals surface area contributed by atoms with Crippen LogP contribution in [0.25, 0.3) is 21.9 Å². The number of rotatable bonds is 3. The molecule has 0 radical (unpaired) electrons. The molecule has 0 aliphatic rings. The number of nitrogens with zero attached hydrogens (tertiary/aromatic N) is 1. The molecule has 4 aromatic rings. The van der Waals surface area contributed by atoms with Gasteiger partial charge in [0.1, 0.15) is 12.3 Å². The predicted octanol–water partition coefficient (Wildman–Crippen LogP) is 3.35. The van der Waals surface area contributed by atoms with Gasteiger partial charge in [0.05, 0.1) is 5.52 Å². The fourth-order valence-corrected chi connectivity index (χ4v) is 2.69. The molecule has 0 saturated heterocycles. The zero-order chi connectivity index (χ0) is 16.5. The van der Waals surface area contributed by atoms with E-state index in [-0.39, 0.29) is 6.54 Å². The molecule has 0 spiro atoms. The highest BCUT2D eigenvalue weighted by molar-refractivity contribution is 5.85. The maximum absolute atomic E-state index is 12.2. The number of hydrogen-bond donors (Lipinski definition) is 0. The predicted molar refractivity (Wildman–Crippen MR) is 90.1 cm³/mol. The molecular formula is C19H13NO4. The minimum atomic E-state index is -0.577. The summed E-state index contributed by atoms with van der Waals surface area (Å²) in [4.78, 5) is 24.1. The van der Waals surface area contributed by atoms with Crippen molar-refractivity contribution in [2.75, 3.05) is 0 Å². The van der Waals surface area contributed by atoms with Crippen LogP contribution >= 0.6 is 0 Å². The molecule has 118 valence electrons. The van der Waals surface area contributed by atoms with Gasteiger partial charge in [-0.1, -0.05) is 42.5 Å². The molecule has 5 nitrogen and oxygen atoms in total. The first-order valence-corrected chi connectivity index (χ1v) is 7.48. The maximum atomic E-state index is 12.2. The van der Waals surface area contributed by atoms with Crippen LogP contribution in [0.1, 0.15) is 0 Å². The molecule has 0 unspecified atom stereocenters. The van der Waals surface area contributed by atoms with Gasteiger partial charge in [0.2, 0.25) is 0 Å². The van der Waals surface area contributed by atoms with Crippen LogP contribution in [0.3, 0.4) is 0 Å². The molecule has 0 bridgehead atoms. The number of hydrogen-bond acceptors (Lipinski definition) is 4. The highest BCUT2D eigenvalue weighted by Gasteiger charge is 2.14. The van der Waals surface area contributed by atoms with Gasteiger partial charge in [-0.2, -0.15) is 0 Å². The Morgan fingerprint density at radius 1 is 0.958 bits per heavy atom. The largest absolute Gasteiger partial charge is 0.425 e. The summed E-state index contributed by atoms with van der Waals surface area (Å²) in [6, 6.07) is 20.2. The zero-order valence-corrected chi connectivity index (χ0v) is 12.6. The van der Waals surface area contributed by atoms with E-state index in [0.717, 1.165) is 10.8 Å². The molecule has 3 aromatic carbocycles. The molecule has 0 fully saturated rings. The minimum absolute atomic E-state index is 0.206. The van der Waals surface area contributed by atoms with Gasteiger partial charge in [-0.25, -0.2) is 9.59 Å². The molecule has 5 heteroatoms. The SMILES string of the molecule is O=C(Cn1c(=O)oc2ccccc21)Oc1ccc2ccccc2c1. The van der Waals surface area contributed by atoms with Crippen LogP contribution in [0.4, 0.5) is 0 Å². The highest BCUT2D eigenvalue weighted by atomic mass is 16.5. The Morgan fingerprint density at radius 2 is 1.71 bits per heavy atom. The lowest BCUT2D eigenvalue weighted by Crippen LogP contribution is -2.23. The molecule has 24 heavy (non-hydrogen) atoms. The second-order valence-electron chi connectivity index (χ2n) is 5.40. The third-order valence-corrected chi connectivity index (χ3v) is 3.81. The van der Waals surface area contributed by atoms with E-state index in [0.29, 0.717) is 16.8 Å². The molecule has 0 amide bonds. The third kappa shape index (κ3) is 2.56. The first-order chi connectivity index (χ1) is 11.7. The zero-order valence-electron chi connectivity index (χ0n) is 12.6. The molecule has 1 heterocycles. The van der Waals surface area contributed by atoms with Crippen LogP contribution < -0.4 is 10.5 Å². The summed E-state index contributed by atoms with van der Waals surface area (Å²) in [5.41, 5.74) is 1.01. The second-order valence-corrected chi connectivity index (χ2v) is 5.40. The Kier molecular flexibility index (Phi) is 3.39. The van der Waals surface area contributed by atoms with E-state index in [1.54, 1.807) is 36.4 Å². The lowest BCUT2D eigenvalue weighted by atomic mass is 10.1. The minimum Gasteiger partial charge on any atom is -0.425 e. The summed E-state index contributed by atoms with van der Waals surface area (Å²) >= 11 is 0. The number of para-hydroxylation sites is 2. The fraction of sp³-hybridized carbons (Fsp3) is 0.0526. The number of esters is 1. The van der Waals surface area contributed by atoms with Crippen molar-refractivity contribution in [3.63, 3.8) is 0 Å². The Labute approximate surface area is 136 Å². The average Bonchev–Trinajstić information content (AvgIpc) is 2.90. The average molecular weight is 319 g/mol. The standard InChI is InChI=1S/C19H13NO4/c21-18(12-20-16-7-3-4-8-17(16)24-19(20)22)23-15-10-9-13-5-1-2-6-14(13)11-15/h1-11H,12H2. The highest BCUT2D eigenvalue weighted by Crippen LogP contribution is 2.21. The van der Waals surface area contributed by atoms with Crippen molar-refractivity contribution in [2.24, 2.45) is 0 Å². The van der Waals surface area contributed by atoms with Crippen molar-refractivity contribution in [1.82, 2.24) is 4.57 Å². The number of fused-ring (bicyclic) bond motifs is 2. The van der Waals surface area contributed by atoms with E-state index >= 15 is 0 Å². The smallest absolute Gasteiger partial charge is 0.420 e. The number of ether oxygens (including phenoxy) is 1. The first-order valence-electron chi connectivity index (χ1n) is 7.48. The normalized spacial score (nSPS) is 11.0. The van der Waals surface area contributed by atoms with Gasteiger partial charge < -0.3 is 9.15 Å². The second kappa shape index (κ2) is 5.70. The van der Waals surface area contributed by atoms with Gasteiger partial charge in [-0.15, -0.1) is 0 Å². The van der Waals surface area contributed by atoms with Crippen LogP contribution in [-0.2, 0) is 11.3 Å². The Bertz CT molecular complexity index is 1110. The lowest BCUT2D eigenvalue weighted by Gasteiger charge is -2.06. The Morgan fingerprint density at radius 3 is 2.58 bits per heavy atom. The first kappa shape index (κ1) is 14.3. The summed E-state index contributed by atoms with van der Waals surface area (Å²) < 4.78 is 11.7. The van der Waals surface area contributed by atoms with E-state index in [4.69, 9.17) is 9.15 Å². The van der Waals surface area contributed by atoms with Crippen molar-refractivity contribution in [3.05, 3.63) is 77.3 Å². The van der Waals surface area contributed by atoms with Crippen molar-refractivity contribution in [1.29, 1.82) is 0 Å². The van der Waals surface area contributed by atoms with Crippen LogP contribution in [0.15, 0.2) is 75.9 Å². The third-order valence-electron chi connectivity index (χ3n) is 3.81. The molecule has 0 saturated carbocycles. The van der Waals surface area contributed by atoms with Crippen LogP contribution in [0, 0.1) is 0 Å². The fourth-order valence-electron chi connectivity index (χ4n) is 2.69. The van der Waals surface area contributed by atoms with E-state index in [2.05, 4.69) is 0 Å². The molecule has 4 rings (SSSR count). The Balaban J connectivity index is 1.59. The van der Waals surface area contributed by atoms with Crippen molar-refractivity contribution in [3.8, 4) is 5.75 Å². The van der Waals surface area contributed by atoms with Crippen LogP contribution in [0.2, 0.25) is 0 Å². The van der Waals surface area contributed by atoms with Gasteiger partial charge in [0.25, 0.3) is 0 Å². The van der Waals surface area contributed by atoms with E-state index in [1.807, 2.05) is 30.3 Å². The summed E-state index contributed by atoms with van der Waals surface area (Å²) in [6.45, 7) is -0.206.